The number of likely N-dealkylation sites (tertiary alicyclic amines) is 1. The van der Waals surface area contributed by atoms with E-state index in [2.05, 4.69) is 36.7 Å². The average molecular weight is 439 g/mol. The first-order valence-corrected chi connectivity index (χ1v) is 12.2. The molecule has 2 heterocycles. The Morgan fingerprint density at radius 3 is 2.56 bits per heavy atom. The molecule has 0 aromatic carbocycles. The molecule has 1 saturated heterocycles. The van der Waals surface area contributed by atoms with E-state index in [1.807, 2.05) is 13.0 Å². The van der Waals surface area contributed by atoms with Gasteiger partial charge in [0, 0.05) is 37.1 Å². The predicted molar refractivity (Wildman–Crippen MR) is 127 cm³/mol. The SMILES string of the molecule is Cc1cc(C=C(C#N)C(=O)N2CCCC(C(=O)NC3CCCCC3)C2)c(C)n1CC(C)C. The van der Waals surface area contributed by atoms with E-state index in [0.29, 0.717) is 19.0 Å². The van der Waals surface area contributed by atoms with Crippen LogP contribution >= 0.6 is 0 Å². The first-order chi connectivity index (χ1) is 15.3. The third kappa shape index (κ3) is 5.82. The van der Waals surface area contributed by atoms with Gasteiger partial charge in [-0.05, 0) is 63.2 Å². The Bertz CT molecular complexity index is 900. The molecule has 1 atom stereocenters. The van der Waals surface area contributed by atoms with Crippen molar-refractivity contribution < 1.29 is 9.59 Å². The molecule has 1 N–H and O–H groups in total. The van der Waals surface area contributed by atoms with Crippen LogP contribution in [0, 0.1) is 37.0 Å². The summed E-state index contributed by atoms with van der Waals surface area (Å²) < 4.78 is 2.24. The fourth-order valence-corrected chi connectivity index (χ4v) is 5.03. The summed E-state index contributed by atoms with van der Waals surface area (Å²) in [5.74, 6) is 0.120. The van der Waals surface area contributed by atoms with Crippen molar-refractivity contribution in [1.82, 2.24) is 14.8 Å². The van der Waals surface area contributed by atoms with Crippen molar-refractivity contribution in [3.63, 3.8) is 0 Å². The fraction of sp³-hybridized carbons (Fsp3) is 0.654. The largest absolute Gasteiger partial charge is 0.353 e. The second-order valence-corrected chi connectivity index (χ2v) is 9.93. The van der Waals surface area contributed by atoms with Crippen molar-refractivity contribution >= 4 is 17.9 Å². The average Bonchev–Trinajstić information content (AvgIpc) is 3.04. The van der Waals surface area contributed by atoms with Crippen molar-refractivity contribution in [3.8, 4) is 6.07 Å². The normalized spacial score (nSPS) is 20.3. The van der Waals surface area contributed by atoms with Crippen molar-refractivity contribution in [2.45, 2.75) is 85.2 Å². The summed E-state index contributed by atoms with van der Waals surface area (Å²) in [7, 11) is 0. The van der Waals surface area contributed by atoms with E-state index in [0.717, 1.165) is 49.2 Å². The number of nitrogens with zero attached hydrogens (tertiary/aromatic N) is 3. The third-order valence-corrected chi connectivity index (χ3v) is 6.84. The van der Waals surface area contributed by atoms with Gasteiger partial charge >= 0.3 is 0 Å². The van der Waals surface area contributed by atoms with Crippen LogP contribution in [0.2, 0.25) is 0 Å². The number of hydrogen-bond donors (Lipinski definition) is 1. The maximum atomic E-state index is 13.2. The van der Waals surface area contributed by atoms with E-state index < -0.39 is 0 Å². The van der Waals surface area contributed by atoms with Crippen LogP contribution in [0.4, 0.5) is 0 Å². The van der Waals surface area contributed by atoms with Crippen molar-refractivity contribution in [1.29, 1.82) is 5.26 Å². The first-order valence-electron chi connectivity index (χ1n) is 12.2. The summed E-state index contributed by atoms with van der Waals surface area (Å²) in [4.78, 5) is 27.7. The molecule has 0 spiro atoms. The number of aromatic nitrogens is 1. The van der Waals surface area contributed by atoms with Gasteiger partial charge in [-0.2, -0.15) is 5.26 Å². The lowest BCUT2D eigenvalue weighted by atomic mass is 9.92. The molecule has 3 rings (SSSR count). The minimum Gasteiger partial charge on any atom is -0.353 e. The highest BCUT2D eigenvalue weighted by Gasteiger charge is 2.31. The quantitative estimate of drug-likeness (QED) is 0.530. The van der Waals surface area contributed by atoms with Gasteiger partial charge in [-0.3, -0.25) is 9.59 Å². The molecule has 1 aromatic heterocycles. The Hall–Kier alpha value is -2.55. The highest BCUT2D eigenvalue weighted by atomic mass is 16.2. The smallest absolute Gasteiger partial charge is 0.264 e. The molecule has 0 radical (unpaired) electrons. The number of carbonyl (C=O) groups is 2. The molecule has 1 saturated carbocycles. The minimum atomic E-state index is -0.267. The summed E-state index contributed by atoms with van der Waals surface area (Å²) in [6, 6.07) is 4.43. The highest BCUT2D eigenvalue weighted by molar-refractivity contribution is 6.02. The first kappa shape index (κ1) is 24.1. The maximum Gasteiger partial charge on any atom is 0.264 e. The second kappa shape index (κ2) is 10.8. The van der Waals surface area contributed by atoms with Crippen molar-refractivity contribution in [2.75, 3.05) is 13.1 Å². The lowest BCUT2D eigenvalue weighted by Gasteiger charge is -2.33. The minimum absolute atomic E-state index is 0.0640. The topological polar surface area (TPSA) is 78.1 Å². The van der Waals surface area contributed by atoms with Crippen LogP contribution in [0.15, 0.2) is 11.6 Å². The molecule has 32 heavy (non-hydrogen) atoms. The summed E-state index contributed by atoms with van der Waals surface area (Å²) in [6.07, 6.45) is 9.01. The van der Waals surface area contributed by atoms with Gasteiger partial charge in [0.15, 0.2) is 0 Å². The number of piperidine rings is 1. The van der Waals surface area contributed by atoms with Gasteiger partial charge < -0.3 is 14.8 Å². The van der Waals surface area contributed by atoms with Gasteiger partial charge in [0.05, 0.1) is 5.92 Å². The van der Waals surface area contributed by atoms with Crippen molar-refractivity contribution in [2.24, 2.45) is 11.8 Å². The Morgan fingerprint density at radius 1 is 1.19 bits per heavy atom. The van der Waals surface area contributed by atoms with Crippen LogP contribution in [-0.2, 0) is 16.1 Å². The number of aryl methyl sites for hydroxylation is 1. The van der Waals surface area contributed by atoms with E-state index in [4.69, 9.17) is 0 Å². The maximum absolute atomic E-state index is 13.2. The summed E-state index contributed by atoms with van der Waals surface area (Å²) >= 11 is 0. The van der Waals surface area contributed by atoms with Gasteiger partial charge in [-0.15, -0.1) is 0 Å². The van der Waals surface area contributed by atoms with Gasteiger partial charge in [-0.1, -0.05) is 33.1 Å². The standard InChI is InChI=1S/C26H38N4O2/c1-18(2)16-30-19(3)13-22(20(30)4)14-23(15-27)26(32)29-12-8-9-21(17-29)25(31)28-24-10-6-5-7-11-24/h13-14,18,21,24H,5-12,16-17H2,1-4H3,(H,28,31). The number of hydrogen-bond acceptors (Lipinski definition) is 3. The van der Waals surface area contributed by atoms with E-state index in [1.165, 1.54) is 19.3 Å². The number of amides is 2. The van der Waals surface area contributed by atoms with Crippen LogP contribution in [-0.4, -0.2) is 40.4 Å². The molecular weight excluding hydrogens is 400 g/mol. The van der Waals surface area contributed by atoms with Gasteiger partial charge in [-0.25, -0.2) is 0 Å². The molecule has 0 bridgehead atoms. The molecule has 6 nitrogen and oxygen atoms in total. The summed E-state index contributed by atoms with van der Waals surface area (Å²) in [5.41, 5.74) is 3.25. The van der Waals surface area contributed by atoms with Crippen molar-refractivity contribution in [3.05, 3.63) is 28.6 Å². The van der Waals surface area contributed by atoms with E-state index >= 15 is 0 Å². The molecule has 1 aromatic rings. The number of nitrogens with one attached hydrogen (secondary N) is 1. The number of carbonyl (C=O) groups excluding carboxylic acids is 2. The van der Waals surface area contributed by atoms with Crippen LogP contribution in [0.3, 0.4) is 0 Å². The predicted octanol–water partition coefficient (Wildman–Crippen LogP) is 4.36. The van der Waals surface area contributed by atoms with Gasteiger partial charge in [0.25, 0.3) is 5.91 Å². The molecule has 1 unspecified atom stereocenters. The number of rotatable bonds is 6. The second-order valence-electron chi connectivity index (χ2n) is 9.93. The zero-order chi connectivity index (χ0) is 23.3. The molecular formula is C26H38N4O2. The lowest BCUT2D eigenvalue weighted by Crippen LogP contribution is -2.48. The number of nitriles is 1. The lowest BCUT2D eigenvalue weighted by molar-refractivity contribution is -0.132. The molecule has 1 aliphatic carbocycles. The Morgan fingerprint density at radius 2 is 1.91 bits per heavy atom. The Balaban J connectivity index is 1.69. The zero-order valence-corrected chi connectivity index (χ0v) is 20.1. The highest BCUT2D eigenvalue weighted by Crippen LogP contribution is 2.24. The molecule has 6 heteroatoms. The molecule has 1 aliphatic heterocycles. The van der Waals surface area contributed by atoms with Crippen LogP contribution in [0.1, 0.15) is 75.7 Å². The summed E-state index contributed by atoms with van der Waals surface area (Å²) in [6.45, 7) is 10.3. The Labute approximate surface area is 192 Å². The van der Waals surface area contributed by atoms with E-state index in [9.17, 15) is 14.9 Å². The third-order valence-electron chi connectivity index (χ3n) is 6.84. The molecule has 2 aliphatic rings. The Kier molecular flexibility index (Phi) is 8.17. The monoisotopic (exact) mass is 438 g/mol. The van der Waals surface area contributed by atoms with E-state index in [1.54, 1.807) is 11.0 Å². The van der Waals surface area contributed by atoms with E-state index in [-0.39, 0.29) is 29.3 Å². The fourth-order valence-electron chi connectivity index (χ4n) is 5.03. The van der Waals surface area contributed by atoms with Crippen LogP contribution in [0.25, 0.3) is 6.08 Å². The summed E-state index contributed by atoms with van der Waals surface area (Å²) in [5, 5.41) is 12.9. The zero-order valence-electron chi connectivity index (χ0n) is 20.1. The van der Waals surface area contributed by atoms with Gasteiger partial charge in [0.2, 0.25) is 5.91 Å². The van der Waals surface area contributed by atoms with Gasteiger partial charge in [0.1, 0.15) is 11.6 Å². The van der Waals surface area contributed by atoms with Crippen LogP contribution in [0.5, 0.6) is 0 Å². The molecule has 174 valence electrons. The van der Waals surface area contributed by atoms with Crippen LogP contribution < -0.4 is 5.32 Å². The molecule has 2 fully saturated rings. The molecule has 2 amide bonds.